The largest absolute Gasteiger partial charge is 0.325 e. The molecule has 6 heteroatoms. The van der Waals surface area contributed by atoms with E-state index in [4.69, 9.17) is 0 Å². The van der Waals surface area contributed by atoms with Crippen molar-refractivity contribution in [1.82, 2.24) is 19.9 Å². The quantitative estimate of drug-likeness (QED) is 0.914. The van der Waals surface area contributed by atoms with Crippen LogP contribution in [0.3, 0.4) is 0 Å². The van der Waals surface area contributed by atoms with Crippen molar-refractivity contribution >= 4 is 5.91 Å². The topological polar surface area (TPSA) is 79.0 Å². The Morgan fingerprint density at radius 2 is 2.18 bits per heavy atom. The van der Waals surface area contributed by atoms with Crippen LogP contribution in [0.15, 0.2) is 35.3 Å². The van der Waals surface area contributed by atoms with E-state index < -0.39 is 5.54 Å². The van der Waals surface area contributed by atoms with Crippen molar-refractivity contribution in [3.63, 3.8) is 0 Å². The number of likely N-dealkylation sites (tertiary alicyclic amines) is 1. The van der Waals surface area contributed by atoms with Gasteiger partial charge in [0.1, 0.15) is 11.2 Å². The van der Waals surface area contributed by atoms with Gasteiger partial charge in [-0.2, -0.15) is 0 Å². The fourth-order valence-electron chi connectivity index (χ4n) is 2.95. The molecule has 1 amide bonds. The number of H-pyrrole nitrogens is 1. The maximum absolute atomic E-state index is 12.8. The zero-order chi connectivity index (χ0) is 15.7. The minimum absolute atomic E-state index is 0.192. The summed E-state index contributed by atoms with van der Waals surface area (Å²) in [6, 6.07) is 6.44. The molecule has 0 aliphatic carbocycles. The summed E-state index contributed by atoms with van der Waals surface area (Å²) in [5.41, 5.74) is 0.348. The number of aromatic amines is 1. The molecule has 1 aliphatic heterocycles. The van der Waals surface area contributed by atoms with E-state index in [0.29, 0.717) is 18.1 Å². The number of amides is 1. The number of hydrogen-bond donors (Lipinski definition) is 1. The number of carbonyl (C=O) groups excluding carboxylic acids is 1. The van der Waals surface area contributed by atoms with Crippen molar-refractivity contribution in [2.75, 3.05) is 6.54 Å². The summed E-state index contributed by atoms with van der Waals surface area (Å²) in [5.74, 6) is 0.458. The molecule has 1 saturated heterocycles. The summed E-state index contributed by atoms with van der Waals surface area (Å²) in [4.78, 5) is 37.4. The predicted molar refractivity (Wildman–Crippen MR) is 81.5 cm³/mol. The SMILES string of the molecule is Cc1ccnc(C2(C)CCCN2C(=O)c2cccc(=O)[nH]2)n1. The van der Waals surface area contributed by atoms with Gasteiger partial charge in [-0.05, 0) is 38.8 Å². The number of aryl methyl sites for hydroxylation is 1. The number of hydrogen-bond acceptors (Lipinski definition) is 4. The van der Waals surface area contributed by atoms with Gasteiger partial charge in [0.05, 0.1) is 0 Å². The third-order valence-electron chi connectivity index (χ3n) is 4.16. The molecule has 0 saturated carbocycles. The van der Waals surface area contributed by atoms with Gasteiger partial charge < -0.3 is 9.88 Å². The molecule has 1 aliphatic rings. The lowest BCUT2D eigenvalue weighted by Crippen LogP contribution is -2.44. The molecule has 6 nitrogen and oxygen atoms in total. The third kappa shape index (κ3) is 2.41. The van der Waals surface area contributed by atoms with Gasteiger partial charge in [0.25, 0.3) is 5.91 Å². The van der Waals surface area contributed by atoms with Gasteiger partial charge in [-0.1, -0.05) is 6.07 Å². The van der Waals surface area contributed by atoms with Crippen LogP contribution in [0.5, 0.6) is 0 Å². The monoisotopic (exact) mass is 298 g/mol. The van der Waals surface area contributed by atoms with Crippen LogP contribution in [0.1, 0.15) is 41.8 Å². The third-order valence-corrected chi connectivity index (χ3v) is 4.16. The average Bonchev–Trinajstić information content (AvgIpc) is 2.90. The van der Waals surface area contributed by atoms with Crippen molar-refractivity contribution in [2.24, 2.45) is 0 Å². The molecule has 1 unspecified atom stereocenters. The molecule has 0 spiro atoms. The summed E-state index contributed by atoms with van der Waals surface area (Å²) in [6.07, 6.45) is 3.41. The summed E-state index contributed by atoms with van der Waals surface area (Å²) in [6.45, 7) is 4.52. The van der Waals surface area contributed by atoms with Crippen LogP contribution in [0, 0.1) is 6.92 Å². The molecule has 114 valence electrons. The highest BCUT2D eigenvalue weighted by Crippen LogP contribution is 2.37. The van der Waals surface area contributed by atoms with E-state index in [-0.39, 0.29) is 11.5 Å². The molecular formula is C16H18N4O2. The zero-order valence-electron chi connectivity index (χ0n) is 12.7. The highest BCUT2D eigenvalue weighted by molar-refractivity contribution is 5.93. The first-order valence-corrected chi connectivity index (χ1v) is 7.32. The van der Waals surface area contributed by atoms with Crippen molar-refractivity contribution in [1.29, 1.82) is 0 Å². The molecule has 1 fully saturated rings. The number of nitrogens with one attached hydrogen (secondary N) is 1. The van der Waals surface area contributed by atoms with Crippen LogP contribution < -0.4 is 5.56 Å². The van der Waals surface area contributed by atoms with Crippen LogP contribution in [-0.2, 0) is 5.54 Å². The van der Waals surface area contributed by atoms with E-state index in [1.807, 2.05) is 19.9 Å². The Kier molecular flexibility index (Phi) is 3.52. The Balaban J connectivity index is 1.99. The fraction of sp³-hybridized carbons (Fsp3) is 0.375. The van der Waals surface area contributed by atoms with Crippen LogP contribution >= 0.6 is 0 Å². The number of rotatable bonds is 2. The summed E-state index contributed by atoms with van der Waals surface area (Å²) in [7, 11) is 0. The smallest absolute Gasteiger partial charge is 0.271 e. The molecule has 0 aromatic carbocycles. The van der Waals surface area contributed by atoms with Gasteiger partial charge in [0.2, 0.25) is 5.56 Å². The maximum Gasteiger partial charge on any atom is 0.271 e. The van der Waals surface area contributed by atoms with Crippen molar-refractivity contribution in [3.8, 4) is 0 Å². The maximum atomic E-state index is 12.8. The van der Waals surface area contributed by atoms with Crippen molar-refractivity contribution in [2.45, 2.75) is 32.2 Å². The van der Waals surface area contributed by atoms with E-state index in [2.05, 4.69) is 15.0 Å². The zero-order valence-corrected chi connectivity index (χ0v) is 12.7. The summed E-state index contributed by atoms with van der Waals surface area (Å²) < 4.78 is 0. The van der Waals surface area contributed by atoms with Gasteiger partial charge in [-0.15, -0.1) is 0 Å². The predicted octanol–water partition coefficient (Wildman–Crippen LogP) is 1.62. The lowest BCUT2D eigenvalue weighted by Gasteiger charge is -2.33. The first-order valence-electron chi connectivity index (χ1n) is 7.32. The van der Waals surface area contributed by atoms with Crippen LogP contribution in [0.2, 0.25) is 0 Å². The Hall–Kier alpha value is -2.50. The first-order chi connectivity index (χ1) is 10.5. The molecule has 2 aromatic rings. The second-order valence-corrected chi connectivity index (χ2v) is 5.78. The standard InChI is InChI=1S/C16H18N4O2/c1-11-7-9-17-15(18-11)16(2)8-4-10-20(16)14(22)12-5-3-6-13(21)19-12/h3,5-7,9H,4,8,10H2,1-2H3,(H,19,21). The fourth-order valence-corrected chi connectivity index (χ4v) is 2.95. The summed E-state index contributed by atoms with van der Waals surface area (Å²) in [5, 5.41) is 0. The molecule has 2 aromatic heterocycles. The second kappa shape index (κ2) is 5.36. The molecule has 22 heavy (non-hydrogen) atoms. The first kappa shape index (κ1) is 14.4. The van der Waals surface area contributed by atoms with Gasteiger partial charge >= 0.3 is 0 Å². The van der Waals surface area contributed by atoms with Gasteiger partial charge in [0.15, 0.2) is 5.82 Å². The Morgan fingerprint density at radius 3 is 2.91 bits per heavy atom. The Bertz CT molecular complexity index is 770. The number of nitrogens with zero attached hydrogens (tertiary/aromatic N) is 3. The Morgan fingerprint density at radius 1 is 1.36 bits per heavy atom. The molecule has 0 bridgehead atoms. The van der Waals surface area contributed by atoms with E-state index in [1.54, 1.807) is 23.2 Å². The van der Waals surface area contributed by atoms with Crippen LogP contribution in [0.25, 0.3) is 0 Å². The Labute approximate surface area is 128 Å². The minimum atomic E-state index is -0.546. The van der Waals surface area contributed by atoms with Crippen molar-refractivity contribution < 1.29 is 4.79 Å². The molecule has 3 rings (SSSR count). The molecular weight excluding hydrogens is 280 g/mol. The van der Waals surface area contributed by atoms with Gasteiger partial charge in [-0.25, -0.2) is 9.97 Å². The van der Waals surface area contributed by atoms with Crippen LogP contribution in [-0.4, -0.2) is 32.3 Å². The molecule has 1 N–H and O–H groups in total. The lowest BCUT2D eigenvalue weighted by atomic mass is 9.97. The van der Waals surface area contributed by atoms with Gasteiger partial charge in [0, 0.05) is 24.5 Å². The van der Waals surface area contributed by atoms with E-state index in [1.165, 1.54) is 6.07 Å². The average molecular weight is 298 g/mol. The number of aromatic nitrogens is 3. The highest BCUT2D eigenvalue weighted by atomic mass is 16.2. The van der Waals surface area contributed by atoms with E-state index in [9.17, 15) is 9.59 Å². The number of pyridine rings is 1. The summed E-state index contributed by atoms with van der Waals surface area (Å²) >= 11 is 0. The van der Waals surface area contributed by atoms with Crippen LogP contribution in [0.4, 0.5) is 0 Å². The second-order valence-electron chi connectivity index (χ2n) is 5.78. The normalized spacial score (nSPS) is 21.1. The molecule has 1 atom stereocenters. The number of carbonyl (C=O) groups is 1. The molecule has 3 heterocycles. The minimum Gasteiger partial charge on any atom is -0.325 e. The molecule has 0 radical (unpaired) electrons. The van der Waals surface area contributed by atoms with Crippen molar-refractivity contribution in [3.05, 3.63) is 58.0 Å². The highest BCUT2D eigenvalue weighted by Gasteiger charge is 2.43. The van der Waals surface area contributed by atoms with Gasteiger partial charge in [-0.3, -0.25) is 9.59 Å². The van der Waals surface area contributed by atoms with E-state index >= 15 is 0 Å². The van der Waals surface area contributed by atoms with E-state index in [0.717, 1.165) is 18.5 Å². The lowest BCUT2D eigenvalue weighted by molar-refractivity contribution is 0.0597.